The van der Waals surface area contributed by atoms with Crippen molar-refractivity contribution in [2.75, 3.05) is 20.1 Å². The molecule has 0 bridgehead atoms. The summed E-state index contributed by atoms with van der Waals surface area (Å²) >= 11 is 1.92. The van der Waals surface area contributed by atoms with Crippen LogP contribution >= 0.6 is 11.3 Å². The fraction of sp³-hybridized carbons (Fsp3) is 0.333. The van der Waals surface area contributed by atoms with Gasteiger partial charge in [0, 0.05) is 39.5 Å². The van der Waals surface area contributed by atoms with Crippen molar-refractivity contribution in [3.63, 3.8) is 0 Å². The number of rotatable bonds is 2. The second-order valence-electron chi connectivity index (χ2n) is 6.63. The van der Waals surface area contributed by atoms with E-state index in [0.29, 0.717) is 6.61 Å². The summed E-state index contributed by atoms with van der Waals surface area (Å²) in [4.78, 5) is 5.21. The van der Waals surface area contributed by atoms with Crippen LogP contribution in [0.3, 0.4) is 0 Å². The third-order valence-electron chi connectivity index (χ3n) is 4.92. The molecule has 0 amide bonds. The van der Waals surface area contributed by atoms with Crippen LogP contribution in [0.5, 0.6) is 5.75 Å². The van der Waals surface area contributed by atoms with Gasteiger partial charge in [-0.2, -0.15) is 0 Å². The van der Waals surface area contributed by atoms with E-state index >= 15 is 0 Å². The van der Waals surface area contributed by atoms with Gasteiger partial charge in [0.05, 0.1) is 0 Å². The highest BCUT2D eigenvalue weighted by atomic mass is 32.1. The lowest BCUT2D eigenvalue weighted by atomic mass is 9.91. The van der Waals surface area contributed by atoms with Crippen LogP contribution in [-0.4, -0.2) is 25.0 Å². The minimum absolute atomic E-state index is 0.663. The number of para-hydroxylation sites is 1. The summed E-state index contributed by atoms with van der Waals surface area (Å²) in [6.07, 6.45) is 5.22. The van der Waals surface area contributed by atoms with E-state index in [-0.39, 0.29) is 0 Å². The maximum atomic E-state index is 6.14. The van der Waals surface area contributed by atoms with Crippen molar-refractivity contribution >= 4 is 16.9 Å². The molecule has 0 unspecified atom stereocenters. The van der Waals surface area contributed by atoms with Crippen molar-refractivity contribution in [3.05, 3.63) is 69.4 Å². The predicted molar refractivity (Wildman–Crippen MR) is 102 cm³/mol. The molecule has 2 aliphatic heterocycles. The zero-order chi connectivity index (χ0) is 16.5. The highest BCUT2D eigenvalue weighted by Crippen LogP contribution is 2.44. The van der Waals surface area contributed by atoms with E-state index in [0.717, 1.165) is 38.1 Å². The summed E-state index contributed by atoms with van der Waals surface area (Å²) in [5.74, 6) is 1.02. The van der Waals surface area contributed by atoms with E-state index in [4.69, 9.17) is 4.74 Å². The molecule has 124 valence electrons. The first-order valence-electron chi connectivity index (χ1n) is 8.62. The van der Waals surface area contributed by atoms with E-state index in [9.17, 15) is 0 Å². The van der Waals surface area contributed by atoms with E-state index in [2.05, 4.69) is 48.9 Å². The molecule has 3 heterocycles. The maximum absolute atomic E-state index is 6.14. The molecule has 2 aromatic rings. The highest BCUT2D eigenvalue weighted by Gasteiger charge is 2.25. The molecule has 1 aromatic heterocycles. The maximum Gasteiger partial charge on any atom is 0.127 e. The zero-order valence-corrected chi connectivity index (χ0v) is 15.0. The molecule has 2 nitrogen and oxygen atoms in total. The summed E-state index contributed by atoms with van der Waals surface area (Å²) in [6, 6.07) is 10.8. The smallest absolute Gasteiger partial charge is 0.127 e. The van der Waals surface area contributed by atoms with Crippen LogP contribution in [-0.2, 0) is 13.0 Å². The molecule has 3 heteroatoms. The monoisotopic (exact) mass is 337 g/mol. The van der Waals surface area contributed by atoms with E-state index in [1.165, 1.54) is 26.5 Å². The van der Waals surface area contributed by atoms with Crippen molar-refractivity contribution in [2.45, 2.75) is 25.9 Å². The number of benzene rings is 1. The Labute approximate surface area is 148 Å². The van der Waals surface area contributed by atoms with Crippen LogP contribution in [0.15, 0.2) is 48.6 Å². The Morgan fingerprint density at radius 2 is 2.04 bits per heavy atom. The third-order valence-corrected chi connectivity index (χ3v) is 6.13. The van der Waals surface area contributed by atoms with Gasteiger partial charge in [0.2, 0.25) is 0 Å². The molecule has 0 atom stereocenters. The van der Waals surface area contributed by atoms with Crippen molar-refractivity contribution in [2.24, 2.45) is 0 Å². The average Bonchev–Trinajstić information content (AvgIpc) is 2.92. The van der Waals surface area contributed by atoms with Crippen molar-refractivity contribution in [1.82, 2.24) is 4.90 Å². The number of piperidine rings is 1. The quantitative estimate of drug-likeness (QED) is 0.723. The molecular weight excluding hydrogens is 314 g/mol. The van der Waals surface area contributed by atoms with Gasteiger partial charge in [-0.1, -0.05) is 29.8 Å². The molecule has 1 aromatic carbocycles. The zero-order valence-electron chi connectivity index (χ0n) is 14.2. The second-order valence-corrected chi connectivity index (χ2v) is 7.76. The molecule has 4 rings (SSSR count). The summed E-state index contributed by atoms with van der Waals surface area (Å²) in [5, 5.41) is 0. The Hall–Kier alpha value is -1.84. The standard InChI is InChI=1S/C21H23NOS/c1-3-6-17-13-16-14-23-19-8-5-4-7-18(19)20(21(16)24-17)15-9-11-22(2)12-10-15/h3-5,7-8,13H,1,6,9-12,14H2,2H3. The number of hydrogen-bond acceptors (Lipinski definition) is 3. The second kappa shape index (κ2) is 6.58. The van der Waals surface area contributed by atoms with E-state index in [1.54, 1.807) is 5.57 Å². The molecule has 0 aliphatic carbocycles. The highest BCUT2D eigenvalue weighted by molar-refractivity contribution is 7.13. The number of thiophene rings is 1. The molecule has 0 spiro atoms. The molecule has 0 saturated carbocycles. The van der Waals surface area contributed by atoms with Crippen molar-refractivity contribution < 1.29 is 4.74 Å². The first-order chi connectivity index (χ1) is 11.8. The fourth-order valence-corrected chi connectivity index (χ4v) is 4.88. The number of likely N-dealkylation sites (tertiary alicyclic amines) is 1. The number of allylic oxidation sites excluding steroid dienone is 1. The Bertz CT molecular complexity index is 792. The van der Waals surface area contributed by atoms with Gasteiger partial charge in [0.25, 0.3) is 0 Å². The van der Waals surface area contributed by atoms with Gasteiger partial charge < -0.3 is 9.64 Å². The van der Waals surface area contributed by atoms with Gasteiger partial charge in [-0.15, -0.1) is 17.9 Å². The van der Waals surface area contributed by atoms with Gasteiger partial charge >= 0.3 is 0 Å². The minimum Gasteiger partial charge on any atom is -0.488 e. The summed E-state index contributed by atoms with van der Waals surface area (Å²) < 4.78 is 6.14. The van der Waals surface area contributed by atoms with Crippen LogP contribution in [0.4, 0.5) is 0 Å². The number of ether oxygens (including phenoxy) is 1. The molecule has 0 N–H and O–H groups in total. The third kappa shape index (κ3) is 2.83. The Morgan fingerprint density at radius 1 is 1.25 bits per heavy atom. The van der Waals surface area contributed by atoms with Gasteiger partial charge in [-0.3, -0.25) is 0 Å². The first kappa shape index (κ1) is 15.7. The van der Waals surface area contributed by atoms with E-state index < -0.39 is 0 Å². The van der Waals surface area contributed by atoms with E-state index in [1.807, 2.05) is 17.4 Å². The summed E-state index contributed by atoms with van der Waals surface area (Å²) in [7, 11) is 2.21. The molecule has 24 heavy (non-hydrogen) atoms. The van der Waals surface area contributed by atoms with Gasteiger partial charge in [-0.05, 0) is 38.4 Å². The Kier molecular flexibility index (Phi) is 4.30. The molecule has 1 fully saturated rings. The number of nitrogens with zero attached hydrogens (tertiary/aromatic N) is 1. The number of fused-ring (bicyclic) bond motifs is 2. The largest absolute Gasteiger partial charge is 0.488 e. The predicted octanol–water partition coefficient (Wildman–Crippen LogP) is 4.90. The fourth-order valence-electron chi connectivity index (χ4n) is 3.61. The van der Waals surface area contributed by atoms with Crippen LogP contribution in [0.2, 0.25) is 0 Å². The SMILES string of the molecule is C=CCc1cc2c(s1)C(=C1CCN(C)CC1)c1ccccc1OC2. The van der Waals surface area contributed by atoms with Crippen LogP contribution in [0.1, 0.15) is 33.7 Å². The first-order valence-corrected chi connectivity index (χ1v) is 9.43. The topological polar surface area (TPSA) is 12.5 Å². The van der Waals surface area contributed by atoms with Gasteiger partial charge in [-0.25, -0.2) is 0 Å². The molecular formula is C21H23NOS. The lowest BCUT2D eigenvalue weighted by Crippen LogP contribution is -2.26. The van der Waals surface area contributed by atoms with Gasteiger partial charge in [0.1, 0.15) is 12.4 Å². The van der Waals surface area contributed by atoms with Crippen LogP contribution < -0.4 is 4.74 Å². The minimum atomic E-state index is 0.663. The lowest BCUT2D eigenvalue weighted by molar-refractivity contribution is 0.307. The summed E-state index contributed by atoms with van der Waals surface area (Å²) in [6.45, 7) is 6.84. The molecule has 0 radical (unpaired) electrons. The Balaban J connectivity index is 1.89. The summed E-state index contributed by atoms with van der Waals surface area (Å²) in [5.41, 5.74) is 5.61. The van der Waals surface area contributed by atoms with Crippen LogP contribution in [0.25, 0.3) is 5.57 Å². The number of hydrogen-bond donors (Lipinski definition) is 0. The average molecular weight is 337 g/mol. The van der Waals surface area contributed by atoms with Gasteiger partial charge in [0.15, 0.2) is 0 Å². The molecule has 2 aliphatic rings. The lowest BCUT2D eigenvalue weighted by Gasteiger charge is -2.26. The molecule has 1 saturated heterocycles. The van der Waals surface area contributed by atoms with Crippen LogP contribution in [0, 0.1) is 0 Å². The normalized spacial score (nSPS) is 17.7. The van der Waals surface area contributed by atoms with Crippen molar-refractivity contribution in [1.29, 1.82) is 0 Å². The van der Waals surface area contributed by atoms with Crippen molar-refractivity contribution in [3.8, 4) is 5.75 Å². The Morgan fingerprint density at radius 3 is 2.83 bits per heavy atom.